The molecule has 7 nitrogen and oxygen atoms in total. The van der Waals surface area contributed by atoms with Crippen LogP contribution in [0.2, 0.25) is 0 Å². The van der Waals surface area contributed by atoms with Crippen LogP contribution in [0.3, 0.4) is 0 Å². The van der Waals surface area contributed by atoms with Crippen molar-refractivity contribution in [3.05, 3.63) is 78.1 Å². The van der Waals surface area contributed by atoms with E-state index in [-0.39, 0.29) is 5.91 Å². The molecule has 134 valence electrons. The van der Waals surface area contributed by atoms with Crippen LogP contribution in [0.25, 0.3) is 17.1 Å². The van der Waals surface area contributed by atoms with Gasteiger partial charge in [0.05, 0.1) is 17.7 Å². The third kappa shape index (κ3) is 3.35. The van der Waals surface area contributed by atoms with Gasteiger partial charge >= 0.3 is 0 Å². The van der Waals surface area contributed by atoms with E-state index >= 15 is 0 Å². The molecule has 1 amide bonds. The van der Waals surface area contributed by atoms with Gasteiger partial charge in [0.1, 0.15) is 11.4 Å². The number of pyridine rings is 1. The Morgan fingerprint density at radius 1 is 1.04 bits per heavy atom. The number of hydrogen-bond donors (Lipinski definition) is 2. The number of nitrogens with one attached hydrogen (secondary N) is 2. The number of imidazole rings is 1. The Morgan fingerprint density at radius 2 is 1.85 bits per heavy atom. The summed E-state index contributed by atoms with van der Waals surface area (Å²) in [5, 5.41) is 9.78. The fourth-order valence-corrected chi connectivity index (χ4v) is 2.75. The van der Waals surface area contributed by atoms with Gasteiger partial charge in [-0.2, -0.15) is 5.10 Å². The maximum atomic E-state index is 12.5. The molecule has 0 saturated carbocycles. The topological polar surface area (TPSA) is 88.5 Å². The molecule has 3 heterocycles. The molecule has 0 spiro atoms. The molecule has 0 atom stereocenters. The van der Waals surface area contributed by atoms with E-state index in [4.69, 9.17) is 0 Å². The van der Waals surface area contributed by atoms with Crippen LogP contribution in [0.15, 0.2) is 61.1 Å². The van der Waals surface area contributed by atoms with Crippen molar-refractivity contribution in [2.24, 2.45) is 0 Å². The number of carbonyl (C=O) groups excluding carboxylic acids is 1. The molecule has 0 fully saturated rings. The van der Waals surface area contributed by atoms with Crippen LogP contribution in [0.4, 0.5) is 5.69 Å². The lowest BCUT2D eigenvalue weighted by Crippen LogP contribution is -2.12. The standard InChI is InChI=1S/C20H18N6O/c1-13-14(2)26(12-22-13)16-8-6-15(7-9-16)23-20(27)19-11-18(24-25-19)17-5-3-4-10-21-17/h3-12H,1-2H3,(H,23,27)(H,24,25). The van der Waals surface area contributed by atoms with Crippen LogP contribution in [0, 0.1) is 13.8 Å². The number of rotatable bonds is 4. The van der Waals surface area contributed by atoms with E-state index < -0.39 is 0 Å². The summed E-state index contributed by atoms with van der Waals surface area (Å²) in [6.07, 6.45) is 3.48. The predicted molar refractivity (Wildman–Crippen MR) is 103 cm³/mol. The summed E-state index contributed by atoms with van der Waals surface area (Å²) in [6, 6.07) is 14.8. The smallest absolute Gasteiger partial charge is 0.273 e. The van der Waals surface area contributed by atoms with Crippen molar-refractivity contribution in [3.63, 3.8) is 0 Å². The molecule has 4 aromatic rings. The van der Waals surface area contributed by atoms with E-state index in [0.29, 0.717) is 22.8 Å². The van der Waals surface area contributed by atoms with Crippen LogP contribution < -0.4 is 5.32 Å². The quantitative estimate of drug-likeness (QED) is 0.584. The highest BCUT2D eigenvalue weighted by Gasteiger charge is 2.12. The van der Waals surface area contributed by atoms with Gasteiger partial charge < -0.3 is 9.88 Å². The number of aromatic amines is 1. The second-order valence-corrected chi connectivity index (χ2v) is 6.17. The third-order valence-corrected chi connectivity index (χ3v) is 4.40. The van der Waals surface area contributed by atoms with Gasteiger partial charge in [-0.05, 0) is 56.3 Å². The number of carbonyl (C=O) groups is 1. The lowest BCUT2D eigenvalue weighted by Gasteiger charge is -2.08. The zero-order chi connectivity index (χ0) is 18.8. The Morgan fingerprint density at radius 3 is 2.52 bits per heavy atom. The summed E-state index contributed by atoms with van der Waals surface area (Å²) in [5.74, 6) is -0.257. The Balaban J connectivity index is 1.49. The highest BCUT2D eigenvalue weighted by Crippen LogP contribution is 2.18. The molecule has 7 heteroatoms. The third-order valence-electron chi connectivity index (χ3n) is 4.40. The second-order valence-electron chi connectivity index (χ2n) is 6.17. The number of hydrogen-bond acceptors (Lipinski definition) is 4. The molecular formula is C20H18N6O. The number of amides is 1. The van der Waals surface area contributed by atoms with Gasteiger partial charge in [0.15, 0.2) is 0 Å². The lowest BCUT2D eigenvalue weighted by atomic mass is 10.2. The molecule has 3 aromatic heterocycles. The minimum atomic E-state index is -0.257. The molecule has 0 aliphatic heterocycles. The van der Waals surface area contributed by atoms with E-state index in [0.717, 1.165) is 17.1 Å². The maximum absolute atomic E-state index is 12.5. The van der Waals surface area contributed by atoms with E-state index in [1.807, 2.05) is 60.9 Å². The lowest BCUT2D eigenvalue weighted by molar-refractivity contribution is 0.102. The first-order valence-corrected chi connectivity index (χ1v) is 8.51. The van der Waals surface area contributed by atoms with E-state index in [2.05, 4.69) is 25.5 Å². The molecule has 4 rings (SSSR count). The number of aryl methyl sites for hydroxylation is 1. The first kappa shape index (κ1) is 16.7. The summed E-state index contributed by atoms with van der Waals surface area (Å²) in [6.45, 7) is 4.00. The monoisotopic (exact) mass is 358 g/mol. The number of anilines is 1. The molecule has 1 aromatic carbocycles. The van der Waals surface area contributed by atoms with Crippen molar-refractivity contribution in [2.75, 3.05) is 5.32 Å². The molecule has 0 bridgehead atoms. The fraction of sp³-hybridized carbons (Fsp3) is 0.100. The highest BCUT2D eigenvalue weighted by molar-refractivity contribution is 6.03. The molecule has 0 unspecified atom stereocenters. The second kappa shape index (κ2) is 6.87. The van der Waals surface area contributed by atoms with Crippen LogP contribution in [0.5, 0.6) is 0 Å². The first-order chi connectivity index (χ1) is 13.1. The van der Waals surface area contributed by atoms with Crippen LogP contribution >= 0.6 is 0 Å². The van der Waals surface area contributed by atoms with Gasteiger partial charge in [-0.3, -0.25) is 14.9 Å². The average Bonchev–Trinajstić information content (AvgIpc) is 3.31. The van der Waals surface area contributed by atoms with Crippen molar-refractivity contribution >= 4 is 11.6 Å². The zero-order valence-electron chi connectivity index (χ0n) is 15.0. The number of nitrogens with zero attached hydrogens (tertiary/aromatic N) is 4. The Hall–Kier alpha value is -3.74. The molecule has 27 heavy (non-hydrogen) atoms. The van der Waals surface area contributed by atoms with Crippen molar-refractivity contribution in [3.8, 4) is 17.1 Å². The van der Waals surface area contributed by atoms with E-state index in [9.17, 15) is 4.79 Å². The summed E-state index contributed by atoms with van der Waals surface area (Å²) < 4.78 is 2.01. The molecular weight excluding hydrogens is 340 g/mol. The molecule has 0 radical (unpaired) electrons. The number of benzene rings is 1. The van der Waals surface area contributed by atoms with Gasteiger partial charge in [-0.25, -0.2) is 4.98 Å². The van der Waals surface area contributed by atoms with Crippen molar-refractivity contribution in [1.82, 2.24) is 24.7 Å². The van der Waals surface area contributed by atoms with E-state index in [1.165, 1.54) is 0 Å². The Bertz CT molecular complexity index is 1080. The summed E-state index contributed by atoms with van der Waals surface area (Å²) in [5.41, 5.74) is 5.49. The minimum Gasteiger partial charge on any atom is -0.321 e. The van der Waals surface area contributed by atoms with Gasteiger partial charge in [0.25, 0.3) is 5.91 Å². The van der Waals surface area contributed by atoms with Gasteiger partial charge in [-0.15, -0.1) is 0 Å². The molecule has 0 aliphatic rings. The van der Waals surface area contributed by atoms with Gasteiger partial charge in [-0.1, -0.05) is 6.07 Å². The highest BCUT2D eigenvalue weighted by atomic mass is 16.1. The predicted octanol–water partition coefficient (Wildman–Crippen LogP) is 3.53. The summed E-state index contributed by atoms with van der Waals surface area (Å²) in [7, 11) is 0. The van der Waals surface area contributed by atoms with Crippen molar-refractivity contribution < 1.29 is 4.79 Å². The van der Waals surface area contributed by atoms with E-state index in [1.54, 1.807) is 18.6 Å². The maximum Gasteiger partial charge on any atom is 0.273 e. The number of H-pyrrole nitrogens is 1. The Kier molecular flexibility index (Phi) is 4.25. The summed E-state index contributed by atoms with van der Waals surface area (Å²) >= 11 is 0. The van der Waals surface area contributed by atoms with Gasteiger partial charge in [0.2, 0.25) is 0 Å². The molecule has 2 N–H and O–H groups in total. The van der Waals surface area contributed by atoms with Gasteiger partial charge in [0, 0.05) is 23.3 Å². The molecule has 0 aliphatic carbocycles. The largest absolute Gasteiger partial charge is 0.321 e. The SMILES string of the molecule is Cc1ncn(-c2ccc(NC(=O)c3cc(-c4ccccn4)n[nH]3)cc2)c1C. The normalized spacial score (nSPS) is 10.7. The van der Waals surface area contributed by atoms with Crippen LogP contribution in [-0.2, 0) is 0 Å². The number of aromatic nitrogens is 5. The minimum absolute atomic E-state index is 0.257. The zero-order valence-corrected chi connectivity index (χ0v) is 15.0. The summed E-state index contributed by atoms with van der Waals surface area (Å²) in [4.78, 5) is 21.0. The van der Waals surface area contributed by atoms with Crippen LogP contribution in [-0.4, -0.2) is 30.6 Å². The average molecular weight is 358 g/mol. The Labute approximate surface area is 156 Å². The fourth-order valence-electron chi connectivity index (χ4n) is 2.75. The molecule has 0 saturated heterocycles. The first-order valence-electron chi connectivity index (χ1n) is 8.51. The van der Waals surface area contributed by atoms with Crippen LogP contribution in [0.1, 0.15) is 21.9 Å². The van der Waals surface area contributed by atoms with Crippen molar-refractivity contribution in [1.29, 1.82) is 0 Å². The van der Waals surface area contributed by atoms with Crippen molar-refractivity contribution in [2.45, 2.75) is 13.8 Å².